The number of aliphatic imine (C=N–C) groups is 1. The first-order valence-electron chi connectivity index (χ1n) is 2.81. The molecule has 0 amide bonds. The zero-order valence-electron chi connectivity index (χ0n) is 5.16. The van der Waals surface area contributed by atoms with Gasteiger partial charge in [0.1, 0.15) is 0 Å². The van der Waals surface area contributed by atoms with Gasteiger partial charge < -0.3 is 9.40 Å². The van der Waals surface area contributed by atoms with Crippen LogP contribution in [0.15, 0.2) is 21.7 Å². The fourth-order valence-electron chi connectivity index (χ4n) is 0.801. The SMILES string of the molecule is C=Nc1nc2[nH]ccc2o1. The predicted octanol–water partition coefficient (Wildman–Crippen LogP) is 1.49. The second-order valence-electron chi connectivity index (χ2n) is 1.85. The second kappa shape index (κ2) is 1.70. The number of aromatic nitrogens is 2. The van der Waals surface area contributed by atoms with Crippen LogP contribution in [0.25, 0.3) is 11.2 Å². The van der Waals surface area contributed by atoms with Crippen molar-refractivity contribution in [2.24, 2.45) is 4.99 Å². The topological polar surface area (TPSA) is 54.2 Å². The second-order valence-corrected chi connectivity index (χ2v) is 1.85. The van der Waals surface area contributed by atoms with Crippen molar-refractivity contribution in [2.75, 3.05) is 0 Å². The van der Waals surface area contributed by atoms with E-state index in [4.69, 9.17) is 4.42 Å². The molecule has 2 rings (SSSR count). The molecular weight excluding hydrogens is 130 g/mol. The largest absolute Gasteiger partial charge is 0.420 e. The molecule has 4 nitrogen and oxygen atoms in total. The molecule has 2 aromatic rings. The number of nitrogens with zero attached hydrogens (tertiary/aromatic N) is 2. The third kappa shape index (κ3) is 0.556. The summed E-state index contributed by atoms with van der Waals surface area (Å²) in [5.41, 5.74) is 1.42. The van der Waals surface area contributed by atoms with Gasteiger partial charge in [-0.05, 0) is 6.72 Å². The van der Waals surface area contributed by atoms with Crippen molar-refractivity contribution in [1.82, 2.24) is 9.97 Å². The first kappa shape index (κ1) is 5.22. The number of hydrogen-bond donors (Lipinski definition) is 1. The van der Waals surface area contributed by atoms with Crippen LogP contribution in [0.1, 0.15) is 0 Å². The van der Waals surface area contributed by atoms with Gasteiger partial charge >= 0.3 is 6.01 Å². The Kier molecular flexibility index (Phi) is 0.887. The molecule has 1 N–H and O–H groups in total. The molecule has 4 heteroatoms. The van der Waals surface area contributed by atoms with Crippen molar-refractivity contribution in [3.8, 4) is 0 Å². The molecule has 0 bridgehead atoms. The standard InChI is InChI=1S/C6H5N3O/c1-7-6-9-5-4(10-6)2-3-8-5/h2-3,8H,1H2. The maximum absolute atomic E-state index is 5.09. The van der Waals surface area contributed by atoms with Crippen LogP contribution in [-0.2, 0) is 0 Å². The van der Waals surface area contributed by atoms with Crippen LogP contribution in [0.5, 0.6) is 0 Å². The van der Waals surface area contributed by atoms with Gasteiger partial charge in [-0.15, -0.1) is 0 Å². The Morgan fingerprint density at radius 2 is 2.60 bits per heavy atom. The van der Waals surface area contributed by atoms with Crippen molar-refractivity contribution < 1.29 is 4.42 Å². The third-order valence-electron chi connectivity index (χ3n) is 1.23. The van der Waals surface area contributed by atoms with Gasteiger partial charge in [-0.25, -0.2) is 4.99 Å². The molecule has 0 aliphatic heterocycles. The van der Waals surface area contributed by atoms with E-state index < -0.39 is 0 Å². The molecule has 0 aliphatic carbocycles. The van der Waals surface area contributed by atoms with Crippen molar-refractivity contribution in [1.29, 1.82) is 0 Å². The van der Waals surface area contributed by atoms with Crippen molar-refractivity contribution in [3.63, 3.8) is 0 Å². The Labute approximate surface area is 56.6 Å². The van der Waals surface area contributed by atoms with Gasteiger partial charge in [-0.3, -0.25) is 0 Å². The van der Waals surface area contributed by atoms with Crippen LogP contribution in [0, 0.1) is 0 Å². The summed E-state index contributed by atoms with van der Waals surface area (Å²) in [6, 6.07) is 2.10. The highest BCUT2D eigenvalue weighted by Crippen LogP contribution is 2.17. The highest BCUT2D eigenvalue weighted by molar-refractivity contribution is 5.70. The van der Waals surface area contributed by atoms with Gasteiger partial charge in [-0.1, -0.05) is 0 Å². The molecule has 0 aliphatic rings. The minimum absolute atomic E-state index is 0.307. The fourth-order valence-corrected chi connectivity index (χ4v) is 0.801. The number of aromatic amines is 1. The van der Waals surface area contributed by atoms with Gasteiger partial charge in [0, 0.05) is 12.3 Å². The van der Waals surface area contributed by atoms with Gasteiger partial charge in [0.05, 0.1) is 0 Å². The smallest absolute Gasteiger partial charge is 0.323 e. The van der Waals surface area contributed by atoms with E-state index in [1.807, 2.05) is 0 Å². The molecule has 0 unspecified atom stereocenters. The van der Waals surface area contributed by atoms with E-state index in [1.54, 1.807) is 12.3 Å². The van der Waals surface area contributed by atoms with Gasteiger partial charge in [0.25, 0.3) is 0 Å². The molecule has 0 aromatic carbocycles. The Morgan fingerprint density at radius 1 is 1.70 bits per heavy atom. The zero-order chi connectivity index (χ0) is 6.97. The Hall–Kier alpha value is -1.58. The summed E-state index contributed by atoms with van der Waals surface area (Å²) >= 11 is 0. The van der Waals surface area contributed by atoms with E-state index in [0.29, 0.717) is 17.2 Å². The van der Waals surface area contributed by atoms with Gasteiger partial charge in [0.2, 0.25) is 0 Å². The minimum atomic E-state index is 0.307. The zero-order valence-corrected chi connectivity index (χ0v) is 5.16. The Bertz CT molecular complexity index is 331. The van der Waals surface area contributed by atoms with E-state index in [-0.39, 0.29) is 0 Å². The quantitative estimate of drug-likeness (QED) is 0.602. The number of fused-ring (bicyclic) bond motifs is 1. The van der Waals surface area contributed by atoms with Crippen LogP contribution < -0.4 is 0 Å². The first-order valence-corrected chi connectivity index (χ1v) is 2.81. The molecule has 2 heterocycles. The normalized spacial score (nSPS) is 10.4. The maximum atomic E-state index is 5.09. The Balaban J connectivity index is 2.78. The molecule has 2 aromatic heterocycles. The number of rotatable bonds is 1. The average molecular weight is 135 g/mol. The van der Waals surface area contributed by atoms with Crippen LogP contribution >= 0.6 is 0 Å². The monoisotopic (exact) mass is 135 g/mol. The van der Waals surface area contributed by atoms with E-state index >= 15 is 0 Å². The fraction of sp³-hybridized carbons (Fsp3) is 0. The molecule has 0 atom stereocenters. The predicted molar refractivity (Wildman–Crippen MR) is 37.6 cm³/mol. The molecule has 0 spiro atoms. The number of nitrogens with one attached hydrogen (secondary N) is 1. The van der Waals surface area contributed by atoms with E-state index in [2.05, 4.69) is 21.7 Å². The van der Waals surface area contributed by atoms with Crippen LogP contribution in [-0.4, -0.2) is 16.7 Å². The van der Waals surface area contributed by atoms with E-state index in [9.17, 15) is 0 Å². The van der Waals surface area contributed by atoms with Crippen molar-refractivity contribution in [3.05, 3.63) is 12.3 Å². The molecule has 0 radical (unpaired) electrons. The summed E-state index contributed by atoms with van der Waals surface area (Å²) in [6.45, 7) is 3.29. The lowest BCUT2D eigenvalue weighted by Crippen LogP contribution is -1.62. The summed E-state index contributed by atoms with van der Waals surface area (Å²) < 4.78 is 5.09. The Morgan fingerprint density at radius 3 is 3.30 bits per heavy atom. The summed E-state index contributed by atoms with van der Waals surface area (Å²) in [5.74, 6) is 0. The van der Waals surface area contributed by atoms with Gasteiger partial charge in [-0.2, -0.15) is 4.98 Å². The summed E-state index contributed by atoms with van der Waals surface area (Å²) in [7, 11) is 0. The highest BCUT2D eigenvalue weighted by Gasteiger charge is 2.01. The number of H-pyrrole nitrogens is 1. The van der Waals surface area contributed by atoms with Crippen molar-refractivity contribution in [2.45, 2.75) is 0 Å². The lowest BCUT2D eigenvalue weighted by Gasteiger charge is -1.73. The number of oxazole rings is 1. The summed E-state index contributed by atoms with van der Waals surface area (Å²) in [4.78, 5) is 10.4. The lowest BCUT2D eigenvalue weighted by atomic mass is 10.6. The first-order chi connectivity index (χ1) is 4.90. The molecule has 10 heavy (non-hydrogen) atoms. The molecule has 50 valence electrons. The minimum Gasteiger partial charge on any atom is -0.420 e. The molecular formula is C6H5N3O. The summed E-state index contributed by atoms with van der Waals surface area (Å²) in [5, 5.41) is 0. The van der Waals surface area contributed by atoms with Crippen LogP contribution in [0.2, 0.25) is 0 Å². The van der Waals surface area contributed by atoms with Crippen LogP contribution in [0.3, 0.4) is 0 Å². The van der Waals surface area contributed by atoms with E-state index in [1.165, 1.54) is 0 Å². The summed E-state index contributed by atoms with van der Waals surface area (Å²) in [6.07, 6.45) is 1.76. The maximum Gasteiger partial charge on any atom is 0.323 e. The lowest BCUT2D eigenvalue weighted by molar-refractivity contribution is 0.615. The highest BCUT2D eigenvalue weighted by atomic mass is 16.4. The van der Waals surface area contributed by atoms with Crippen LogP contribution in [0.4, 0.5) is 6.01 Å². The van der Waals surface area contributed by atoms with E-state index in [0.717, 1.165) is 0 Å². The third-order valence-corrected chi connectivity index (χ3v) is 1.23. The van der Waals surface area contributed by atoms with Crippen molar-refractivity contribution >= 4 is 24.0 Å². The number of hydrogen-bond acceptors (Lipinski definition) is 3. The average Bonchev–Trinajstić information content (AvgIpc) is 2.42. The van der Waals surface area contributed by atoms with Gasteiger partial charge in [0.15, 0.2) is 11.2 Å². The molecule has 0 fully saturated rings. The molecule has 0 saturated heterocycles. The molecule has 0 saturated carbocycles.